The number of benzene rings is 1. The molecule has 1 amide bonds. The van der Waals surface area contributed by atoms with Crippen LogP contribution >= 0.6 is 0 Å². The predicted octanol–water partition coefficient (Wildman–Crippen LogP) is 0.936. The van der Waals surface area contributed by atoms with E-state index >= 15 is 0 Å². The number of carbonyl (C=O) groups is 1. The minimum atomic E-state index is -3.34. The van der Waals surface area contributed by atoms with Crippen LogP contribution in [0.25, 0.3) is 0 Å². The first-order valence-corrected chi connectivity index (χ1v) is 12.4. The van der Waals surface area contributed by atoms with Gasteiger partial charge in [-0.1, -0.05) is 30.3 Å². The van der Waals surface area contributed by atoms with Gasteiger partial charge < -0.3 is 14.8 Å². The lowest BCUT2D eigenvalue weighted by atomic mass is 9.90. The largest absolute Gasteiger partial charge is 0.352 e. The van der Waals surface area contributed by atoms with Gasteiger partial charge in [0, 0.05) is 45.1 Å². The molecule has 0 aromatic heterocycles. The molecule has 9 heteroatoms. The van der Waals surface area contributed by atoms with Crippen molar-refractivity contribution in [2.45, 2.75) is 43.3 Å². The number of rotatable bonds is 6. The Morgan fingerprint density at radius 3 is 2.30 bits per heavy atom. The summed E-state index contributed by atoms with van der Waals surface area (Å²) in [5.41, 5.74) is 0.793. The monoisotopic (exact) mass is 437 g/mol. The number of sulfonamides is 1. The number of carbonyl (C=O) groups excluding carboxylic acids is 1. The third-order valence-corrected chi connectivity index (χ3v) is 8.06. The van der Waals surface area contributed by atoms with E-state index in [9.17, 15) is 13.2 Å². The second-order valence-electron chi connectivity index (χ2n) is 8.37. The smallest absolute Gasteiger partial charge is 0.234 e. The average Bonchev–Trinajstić information content (AvgIpc) is 3.19. The summed E-state index contributed by atoms with van der Waals surface area (Å²) in [4.78, 5) is 14.5. The lowest BCUT2D eigenvalue weighted by Crippen LogP contribution is -2.52. The molecular formula is C21H31N3O5S. The van der Waals surface area contributed by atoms with Gasteiger partial charge in [0.2, 0.25) is 15.9 Å². The van der Waals surface area contributed by atoms with Crippen LogP contribution in [0.2, 0.25) is 0 Å². The zero-order chi connectivity index (χ0) is 21.0. The Bertz CT molecular complexity index is 808. The number of nitrogens with zero attached hydrogens (tertiary/aromatic N) is 2. The van der Waals surface area contributed by atoms with Crippen molar-refractivity contribution >= 4 is 15.9 Å². The van der Waals surface area contributed by atoms with Gasteiger partial charge >= 0.3 is 0 Å². The average molecular weight is 438 g/mol. The first-order chi connectivity index (χ1) is 14.4. The first kappa shape index (κ1) is 21.7. The van der Waals surface area contributed by atoms with Crippen LogP contribution in [-0.2, 0) is 30.0 Å². The van der Waals surface area contributed by atoms with Gasteiger partial charge in [0.15, 0.2) is 5.79 Å². The van der Waals surface area contributed by atoms with Gasteiger partial charge in [0.1, 0.15) is 0 Å². The van der Waals surface area contributed by atoms with Crippen LogP contribution in [0.5, 0.6) is 0 Å². The molecule has 1 aromatic carbocycles. The molecule has 3 fully saturated rings. The molecule has 1 spiro atoms. The van der Waals surface area contributed by atoms with Gasteiger partial charge in [-0.25, -0.2) is 8.42 Å². The second kappa shape index (κ2) is 9.32. The van der Waals surface area contributed by atoms with Crippen molar-refractivity contribution in [3.63, 3.8) is 0 Å². The fraction of sp³-hybridized carbons (Fsp3) is 0.667. The van der Waals surface area contributed by atoms with E-state index < -0.39 is 15.8 Å². The van der Waals surface area contributed by atoms with E-state index in [0.717, 1.165) is 31.2 Å². The molecule has 30 heavy (non-hydrogen) atoms. The molecule has 0 unspecified atom stereocenters. The van der Waals surface area contributed by atoms with E-state index in [4.69, 9.17) is 9.47 Å². The Morgan fingerprint density at radius 1 is 1.03 bits per heavy atom. The standard InChI is InChI=1S/C21H31N3O5S/c25-20(22-19-6-8-21(9-7-19)28-14-15-29-21)16-23-10-12-24(13-11-23)30(26,27)17-18-4-2-1-3-5-18/h1-5,19H,6-17H2,(H,22,25). The van der Waals surface area contributed by atoms with Crippen molar-refractivity contribution in [2.24, 2.45) is 0 Å². The summed E-state index contributed by atoms with van der Waals surface area (Å²) < 4.78 is 38.3. The lowest BCUT2D eigenvalue weighted by Gasteiger charge is -2.36. The molecule has 1 aliphatic carbocycles. The molecule has 2 heterocycles. The second-order valence-corrected chi connectivity index (χ2v) is 10.3. The number of nitrogens with one attached hydrogen (secondary N) is 1. The summed E-state index contributed by atoms with van der Waals surface area (Å²) >= 11 is 0. The van der Waals surface area contributed by atoms with Gasteiger partial charge in [-0.3, -0.25) is 9.69 Å². The Hall–Kier alpha value is -1.52. The first-order valence-electron chi connectivity index (χ1n) is 10.8. The lowest BCUT2D eigenvalue weighted by molar-refractivity contribution is -0.180. The van der Waals surface area contributed by atoms with Gasteiger partial charge in [-0.05, 0) is 18.4 Å². The molecule has 0 bridgehead atoms. The van der Waals surface area contributed by atoms with Crippen LogP contribution in [0.3, 0.4) is 0 Å². The maximum absolute atomic E-state index is 12.7. The molecule has 3 aliphatic rings. The molecule has 1 aromatic rings. The molecule has 166 valence electrons. The fourth-order valence-corrected chi connectivity index (χ4v) is 6.02. The van der Waals surface area contributed by atoms with Crippen LogP contribution in [0.15, 0.2) is 30.3 Å². The van der Waals surface area contributed by atoms with Gasteiger partial charge in [-0.2, -0.15) is 4.31 Å². The van der Waals surface area contributed by atoms with Crippen LogP contribution in [-0.4, -0.2) is 81.3 Å². The molecular weight excluding hydrogens is 406 g/mol. The van der Waals surface area contributed by atoms with Crippen molar-refractivity contribution in [1.29, 1.82) is 0 Å². The molecule has 0 atom stereocenters. The maximum atomic E-state index is 12.7. The quantitative estimate of drug-likeness (QED) is 0.713. The van der Waals surface area contributed by atoms with E-state index in [0.29, 0.717) is 45.9 Å². The van der Waals surface area contributed by atoms with Crippen LogP contribution in [0, 0.1) is 0 Å². The number of amides is 1. The van der Waals surface area contributed by atoms with Gasteiger partial charge in [0.05, 0.1) is 25.5 Å². The molecule has 0 radical (unpaired) electrons. The van der Waals surface area contributed by atoms with E-state index in [1.807, 2.05) is 35.2 Å². The number of piperazine rings is 1. The van der Waals surface area contributed by atoms with Crippen molar-refractivity contribution in [2.75, 3.05) is 45.9 Å². The summed E-state index contributed by atoms with van der Waals surface area (Å²) in [5, 5.41) is 3.12. The number of hydrogen-bond donors (Lipinski definition) is 1. The minimum absolute atomic E-state index is 0.00445. The van der Waals surface area contributed by atoms with Gasteiger partial charge in [0.25, 0.3) is 0 Å². The highest BCUT2D eigenvalue weighted by molar-refractivity contribution is 7.88. The fourth-order valence-electron chi connectivity index (χ4n) is 4.51. The highest BCUT2D eigenvalue weighted by Crippen LogP contribution is 2.35. The van der Waals surface area contributed by atoms with E-state index in [1.165, 1.54) is 4.31 Å². The minimum Gasteiger partial charge on any atom is -0.352 e. The number of hydrogen-bond acceptors (Lipinski definition) is 6. The zero-order valence-electron chi connectivity index (χ0n) is 17.3. The van der Waals surface area contributed by atoms with Crippen molar-refractivity contribution in [3.8, 4) is 0 Å². The Morgan fingerprint density at radius 2 is 1.67 bits per heavy atom. The third kappa shape index (κ3) is 5.39. The summed E-state index contributed by atoms with van der Waals surface area (Å²) in [7, 11) is -3.34. The van der Waals surface area contributed by atoms with Gasteiger partial charge in [-0.15, -0.1) is 0 Å². The number of ether oxygens (including phenoxy) is 2. The summed E-state index contributed by atoms with van der Waals surface area (Å²) in [6.45, 7) is 3.59. The molecule has 1 N–H and O–H groups in total. The van der Waals surface area contributed by atoms with Crippen LogP contribution in [0.1, 0.15) is 31.2 Å². The summed E-state index contributed by atoms with van der Waals surface area (Å²) in [6, 6.07) is 9.39. The highest BCUT2D eigenvalue weighted by Gasteiger charge is 2.40. The molecule has 8 nitrogen and oxygen atoms in total. The topological polar surface area (TPSA) is 88.2 Å². The van der Waals surface area contributed by atoms with E-state index in [-0.39, 0.29) is 17.7 Å². The van der Waals surface area contributed by atoms with Crippen molar-refractivity contribution < 1.29 is 22.7 Å². The summed E-state index contributed by atoms with van der Waals surface area (Å²) in [5.74, 6) is -0.391. The Balaban J connectivity index is 1.19. The molecule has 2 aliphatic heterocycles. The maximum Gasteiger partial charge on any atom is 0.234 e. The Kier molecular flexibility index (Phi) is 6.74. The van der Waals surface area contributed by atoms with Crippen molar-refractivity contribution in [1.82, 2.24) is 14.5 Å². The molecule has 4 rings (SSSR count). The highest BCUT2D eigenvalue weighted by atomic mass is 32.2. The molecule has 1 saturated carbocycles. The van der Waals surface area contributed by atoms with Crippen molar-refractivity contribution in [3.05, 3.63) is 35.9 Å². The van der Waals surface area contributed by atoms with Crippen LogP contribution < -0.4 is 5.32 Å². The SMILES string of the molecule is O=C(CN1CCN(S(=O)(=O)Cc2ccccc2)CC1)NC1CCC2(CC1)OCCO2. The zero-order valence-corrected chi connectivity index (χ0v) is 18.1. The predicted molar refractivity (Wildman–Crippen MR) is 112 cm³/mol. The van der Waals surface area contributed by atoms with E-state index in [1.54, 1.807) is 0 Å². The summed E-state index contributed by atoms with van der Waals surface area (Å²) in [6.07, 6.45) is 3.35. The third-order valence-electron chi connectivity index (χ3n) is 6.21. The van der Waals surface area contributed by atoms with Crippen LogP contribution in [0.4, 0.5) is 0 Å². The normalized spacial score (nSPS) is 23.6. The Labute approximate surface area is 178 Å². The van der Waals surface area contributed by atoms with E-state index in [2.05, 4.69) is 5.32 Å². The molecule has 2 saturated heterocycles.